The Morgan fingerprint density at radius 3 is 2.25 bits per heavy atom. The predicted octanol–water partition coefficient (Wildman–Crippen LogP) is 2.82. The highest BCUT2D eigenvalue weighted by Crippen LogP contribution is 2.30. The molecule has 0 atom stereocenters. The quantitative estimate of drug-likeness (QED) is 0.826. The maximum absolute atomic E-state index is 6.26. The first-order chi connectivity index (χ1) is 7.61. The van der Waals surface area contributed by atoms with Crippen molar-refractivity contribution in [1.29, 1.82) is 0 Å². The third kappa shape index (κ3) is 2.38. The lowest BCUT2D eigenvalue weighted by molar-refractivity contribution is 0.0541. The van der Waals surface area contributed by atoms with Crippen LogP contribution in [0.15, 0.2) is 18.2 Å². The van der Waals surface area contributed by atoms with Gasteiger partial charge in [0.25, 0.3) is 0 Å². The lowest BCUT2D eigenvalue weighted by Gasteiger charge is -2.35. The van der Waals surface area contributed by atoms with Crippen LogP contribution in [0.5, 0.6) is 5.75 Å². The first-order valence-electron chi connectivity index (χ1n) is 6.07. The van der Waals surface area contributed by atoms with Crippen molar-refractivity contribution in [3.8, 4) is 5.75 Å². The molecule has 1 aliphatic heterocycles. The molecule has 1 aromatic carbocycles. The number of aryl methyl sites for hydroxylation is 2. The summed E-state index contributed by atoms with van der Waals surface area (Å²) in [5.41, 5.74) is 2.47. The van der Waals surface area contributed by atoms with Crippen LogP contribution >= 0.6 is 0 Å². The van der Waals surface area contributed by atoms with Gasteiger partial charge in [-0.3, -0.25) is 0 Å². The summed E-state index contributed by atoms with van der Waals surface area (Å²) in [6.45, 7) is 8.57. The summed E-state index contributed by atoms with van der Waals surface area (Å²) in [6.07, 6.45) is 2.17. The summed E-state index contributed by atoms with van der Waals surface area (Å²) in [5.74, 6) is 1.08. The van der Waals surface area contributed by atoms with Crippen molar-refractivity contribution < 1.29 is 4.74 Å². The third-order valence-corrected chi connectivity index (χ3v) is 3.42. The molecular weight excluding hydrogens is 198 g/mol. The Bertz CT molecular complexity index is 347. The normalized spacial score (nSPS) is 19.4. The zero-order chi connectivity index (χ0) is 11.6. The van der Waals surface area contributed by atoms with Crippen LogP contribution in [-0.2, 0) is 0 Å². The molecule has 0 aliphatic carbocycles. The van der Waals surface area contributed by atoms with Gasteiger partial charge in [-0.1, -0.05) is 18.2 Å². The van der Waals surface area contributed by atoms with Crippen molar-refractivity contribution >= 4 is 0 Å². The van der Waals surface area contributed by atoms with Gasteiger partial charge in [-0.2, -0.15) is 0 Å². The highest BCUT2D eigenvalue weighted by Gasteiger charge is 2.29. The van der Waals surface area contributed by atoms with Gasteiger partial charge in [-0.15, -0.1) is 0 Å². The van der Waals surface area contributed by atoms with Crippen molar-refractivity contribution in [2.24, 2.45) is 0 Å². The molecule has 0 aromatic heterocycles. The van der Waals surface area contributed by atoms with Gasteiger partial charge < -0.3 is 10.1 Å². The molecule has 1 heterocycles. The van der Waals surface area contributed by atoms with E-state index in [1.54, 1.807) is 0 Å². The number of rotatable bonds is 2. The van der Waals surface area contributed by atoms with E-state index in [0.29, 0.717) is 0 Å². The molecule has 1 saturated heterocycles. The van der Waals surface area contributed by atoms with E-state index >= 15 is 0 Å². The molecule has 0 unspecified atom stereocenters. The molecular formula is C14H21NO. The Labute approximate surface area is 98.0 Å². The van der Waals surface area contributed by atoms with Crippen molar-refractivity contribution in [3.05, 3.63) is 29.3 Å². The zero-order valence-corrected chi connectivity index (χ0v) is 10.5. The topological polar surface area (TPSA) is 21.3 Å². The summed E-state index contributed by atoms with van der Waals surface area (Å²) in [4.78, 5) is 0. The van der Waals surface area contributed by atoms with Crippen molar-refractivity contribution in [2.75, 3.05) is 13.1 Å². The van der Waals surface area contributed by atoms with E-state index < -0.39 is 0 Å². The number of nitrogens with one attached hydrogen (secondary N) is 1. The maximum Gasteiger partial charge on any atom is 0.125 e. The zero-order valence-electron chi connectivity index (χ0n) is 10.5. The van der Waals surface area contributed by atoms with Gasteiger partial charge >= 0.3 is 0 Å². The van der Waals surface area contributed by atoms with Gasteiger partial charge in [-0.05, 0) is 57.8 Å². The van der Waals surface area contributed by atoms with E-state index in [1.165, 1.54) is 11.1 Å². The molecule has 0 bridgehead atoms. The highest BCUT2D eigenvalue weighted by atomic mass is 16.5. The molecule has 16 heavy (non-hydrogen) atoms. The third-order valence-electron chi connectivity index (χ3n) is 3.42. The van der Waals surface area contributed by atoms with E-state index in [4.69, 9.17) is 4.74 Å². The van der Waals surface area contributed by atoms with Gasteiger partial charge in [0.2, 0.25) is 0 Å². The minimum Gasteiger partial charge on any atom is -0.487 e. The number of para-hydroxylation sites is 1. The van der Waals surface area contributed by atoms with Crippen molar-refractivity contribution in [3.63, 3.8) is 0 Å². The summed E-state index contributed by atoms with van der Waals surface area (Å²) >= 11 is 0. The number of ether oxygens (including phenoxy) is 1. The largest absolute Gasteiger partial charge is 0.487 e. The lowest BCUT2D eigenvalue weighted by Crippen LogP contribution is -2.44. The fraction of sp³-hybridized carbons (Fsp3) is 0.571. The second-order valence-electron chi connectivity index (χ2n) is 5.02. The Balaban J connectivity index is 2.19. The predicted molar refractivity (Wildman–Crippen MR) is 67.1 cm³/mol. The van der Waals surface area contributed by atoms with Gasteiger partial charge in [-0.25, -0.2) is 0 Å². The molecule has 0 radical (unpaired) electrons. The number of hydrogen-bond donors (Lipinski definition) is 1. The van der Waals surface area contributed by atoms with E-state index in [1.807, 2.05) is 0 Å². The maximum atomic E-state index is 6.26. The molecule has 1 aromatic rings. The smallest absolute Gasteiger partial charge is 0.125 e. The van der Waals surface area contributed by atoms with Gasteiger partial charge in [0.05, 0.1) is 0 Å². The Morgan fingerprint density at radius 1 is 1.12 bits per heavy atom. The summed E-state index contributed by atoms with van der Waals surface area (Å²) in [5, 5.41) is 3.37. The Kier molecular flexibility index (Phi) is 3.20. The number of benzene rings is 1. The first-order valence-corrected chi connectivity index (χ1v) is 6.07. The minimum absolute atomic E-state index is 0.00211. The van der Waals surface area contributed by atoms with Crippen LogP contribution in [0, 0.1) is 13.8 Å². The molecule has 0 amide bonds. The van der Waals surface area contributed by atoms with Gasteiger partial charge in [0.1, 0.15) is 11.4 Å². The fourth-order valence-electron chi connectivity index (χ4n) is 2.26. The molecule has 2 heteroatoms. The van der Waals surface area contributed by atoms with Crippen molar-refractivity contribution in [1.82, 2.24) is 5.32 Å². The summed E-state index contributed by atoms with van der Waals surface area (Å²) in [7, 11) is 0. The Morgan fingerprint density at radius 2 is 1.69 bits per heavy atom. The second-order valence-corrected chi connectivity index (χ2v) is 5.02. The highest BCUT2D eigenvalue weighted by molar-refractivity contribution is 5.40. The molecule has 0 saturated carbocycles. The van der Waals surface area contributed by atoms with Crippen LogP contribution in [0.3, 0.4) is 0 Å². The number of piperidine rings is 1. The minimum atomic E-state index is 0.00211. The molecule has 1 N–H and O–H groups in total. The SMILES string of the molecule is Cc1cccc(C)c1OC1(C)CCNCC1. The molecule has 1 aliphatic rings. The van der Waals surface area contributed by atoms with Crippen LogP contribution in [0.1, 0.15) is 30.9 Å². The number of hydrogen-bond acceptors (Lipinski definition) is 2. The lowest BCUT2D eigenvalue weighted by atomic mass is 9.94. The van der Waals surface area contributed by atoms with Crippen LogP contribution in [0.2, 0.25) is 0 Å². The van der Waals surface area contributed by atoms with Crippen LogP contribution in [-0.4, -0.2) is 18.7 Å². The molecule has 2 rings (SSSR count). The second kappa shape index (κ2) is 4.46. The first kappa shape index (κ1) is 11.5. The Hall–Kier alpha value is -1.02. The van der Waals surface area contributed by atoms with Gasteiger partial charge in [0, 0.05) is 0 Å². The fourth-order valence-corrected chi connectivity index (χ4v) is 2.26. The molecule has 0 spiro atoms. The molecule has 88 valence electrons. The van der Waals surface area contributed by atoms with Crippen LogP contribution in [0.25, 0.3) is 0 Å². The van der Waals surface area contributed by atoms with E-state index in [9.17, 15) is 0 Å². The monoisotopic (exact) mass is 219 g/mol. The van der Waals surface area contributed by atoms with Crippen molar-refractivity contribution in [2.45, 2.75) is 39.2 Å². The molecule has 1 fully saturated rings. The average molecular weight is 219 g/mol. The summed E-state index contributed by atoms with van der Waals surface area (Å²) < 4.78 is 6.26. The van der Waals surface area contributed by atoms with Crippen LogP contribution in [0.4, 0.5) is 0 Å². The molecule has 2 nitrogen and oxygen atoms in total. The average Bonchev–Trinajstić information content (AvgIpc) is 2.25. The summed E-state index contributed by atoms with van der Waals surface area (Å²) in [6, 6.07) is 6.32. The van der Waals surface area contributed by atoms with Crippen LogP contribution < -0.4 is 10.1 Å². The standard InChI is InChI=1S/C14H21NO/c1-11-5-4-6-12(2)13(11)16-14(3)7-9-15-10-8-14/h4-6,15H,7-10H2,1-3H3. The van der Waals surface area contributed by atoms with E-state index in [2.05, 4.69) is 44.3 Å². The van der Waals surface area contributed by atoms with E-state index in [-0.39, 0.29) is 5.60 Å². The van der Waals surface area contributed by atoms with E-state index in [0.717, 1.165) is 31.7 Å². The van der Waals surface area contributed by atoms with Gasteiger partial charge in [0.15, 0.2) is 0 Å².